The lowest BCUT2D eigenvalue weighted by atomic mass is 10.0. The van der Waals surface area contributed by atoms with Crippen molar-refractivity contribution in [1.82, 2.24) is 10.6 Å². The number of nitrogens with one attached hydrogen (secondary N) is 2. The maximum Gasteiger partial charge on any atom is 0.328 e. The van der Waals surface area contributed by atoms with Crippen LogP contribution in [0.5, 0.6) is 0 Å². The maximum absolute atomic E-state index is 11.8. The van der Waals surface area contributed by atoms with E-state index in [9.17, 15) is 19.5 Å². The standard InChI is InChI=1S/C12H23N3O6/c1-5(2)8(13)11(19)14-7(4-16)10(18)15-9(6(3)17)12(20)21/h5-9,16-17H,4,13H2,1-3H3,(H,14,19)(H,15,18)(H,20,21). The summed E-state index contributed by atoms with van der Waals surface area (Å²) in [7, 11) is 0. The number of aliphatic hydroxyl groups is 2. The molecule has 9 nitrogen and oxygen atoms in total. The predicted molar refractivity (Wildman–Crippen MR) is 73.1 cm³/mol. The summed E-state index contributed by atoms with van der Waals surface area (Å²) >= 11 is 0. The molecule has 0 radical (unpaired) electrons. The van der Waals surface area contributed by atoms with Gasteiger partial charge in [0.1, 0.15) is 6.04 Å². The number of carbonyl (C=O) groups excluding carboxylic acids is 2. The van der Waals surface area contributed by atoms with Crippen LogP contribution < -0.4 is 16.4 Å². The number of aliphatic hydroxyl groups excluding tert-OH is 2. The maximum atomic E-state index is 11.8. The van der Waals surface area contributed by atoms with Crippen LogP contribution in [-0.4, -0.2) is 63.9 Å². The lowest BCUT2D eigenvalue weighted by Crippen LogP contribution is -2.58. The number of rotatable bonds is 8. The molecule has 0 fully saturated rings. The molecule has 0 bridgehead atoms. The van der Waals surface area contributed by atoms with Gasteiger partial charge in [0.05, 0.1) is 18.8 Å². The number of carboxylic acids is 1. The summed E-state index contributed by atoms with van der Waals surface area (Å²) in [5.74, 6) is -3.16. The Hall–Kier alpha value is -1.71. The number of hydrogen-bond donors (Lipinski definition) is 6. The number of carboxylic acid groups (broad SMARTS) is 1. The van der Waals surface area contributed by atoms with E-state index in [4.69, 9.17) is 15.9 Å². The third kappa shape index (κ3) is 6.06. The quantitative estimate of drug-likeness (QED) is 0.286. The van der Waals surface area contributed by atoms with E-state index in [0.29, 0.717) is 0 Å². The predicted octanol–water partition coefficient (Wildman–Crippen LogP) is -2.60. The van der Waals surface area contributed by atoms with Gasteiger partial charge in [0.15, 0.2) is 6.04 Å². The molecule has 0 aliphatic rings. The molecule has 0 spiro atoms. The molecular formula is C12H23N3O6. The minimum Gasteiger partial charge on any atom is -0.480 e. The molecule has 2 amide bonds. The smallest absolute Gasteiger partial charge is 0.328 e. The molecule has 7 N–H and O–H groups in total. The molecule has 21 heavy (non-hydrogen) atoms. The van der Waals surface area contributed by atoms with Gasteiger partial charge in [-0.05, 0) is 12.8 Å². The Kier molecular flexibility index (Phi) is 7.85. The van der Waals surface area contributed by atoms with Crippen molar-refractivity contribution >= 4 is 17.8 Å². The second kappa shape index (κ2) is 8.55. The van der Waals surface area contributed by atoms with Crippen LogP contribution in [0.1, 0.15) is 20.8 Å². The van der Waals surface area contributed by atoms with Gasteiger partial charge in [-0.3, -0.25) is 9.59 Å². The fourth-order valence-corrected chi connectivity index (χ4v) is 1.41. The summed E-state index contributed by atoms with van der Waals surface area (Å²) in [6.07, 6.45) is -1.33. The Morgan fingerprint density at radius 2 is 1.62 bits per heavy atom. The van der Waals surface area contributed by atoms with Gasteiger partial charge in [-0.15, -0.1) is 0 Å². The molecule has 0 rings (SSSR count). The first kappa shape index (κ1) is 19.3. The van der Waals surface area contributed by atoms with Crippen LogP contribution in [0, 0.1) is 5.92 Å². The largest absolute Gasteiger partial charge is 0.480 e. The van der Waals surface area contributed by atoms with Crippen molar-refractivity contribution in [2.24, 2.45) is 11.7 Å². The normalized spacial score (nSPS) is 16.7. The summed E-state index contributed by atoms with van der Waals surface area (Å²) in [4.78, 5) is 34.4. The SMILES string of the molecule is CC(C)C(N)C(=O)NC(CO)C(=O)NC(C(=O)O)C(C)O. The van der Waals surface area contributed by atoms with Gasteiger partial charge in [0, 0.05) is 0 Å². The minimum atomic E-state index is -1.54. The van der Waals surface area contributed by atoms with Crippen LogP contribution in [-0.2, 0) is 14.4 Å². The van der Waals surface area contributed by atoms with Gasteiger partial charge < -0.3 is 31.7 Å². The molecule has 122 valence electrons. The number of hydrogen-bond acceptors (Lipinski definition) is 6. The van der Waals surface area contributed by atoms with Crippen LogP contribution in [0.15, 0.2) is 0 Å². The highest BCUT2D eigenvalue weighted by molar-refractivity contribution is 5.92. The van der Waals surface area contributed by atoms with Gasteiger partial charge in [-0.1, -0.05) is 13.8 Å². The third-order valence-electron chi connectivity index (χ3n) is 2.88. The van der Waals surface area contributed by atoms with Crippen molar-refractivity contribution < 1.29 is 29.7 Å². The van der Waals surface area contributed by atoms with Gasteiger partial charge in [0.25, 0.3) is 0 Å². The Labute approximate surface area is 122 Å². The van der Waals surface area contributed by atoms with Crippen molar-refractivity contribution in [2.45, 2.75) is 45.0 Å². The molecule has 4 atom stereocenters. The van der Waals surface area contributed by atoms with Crippen LogP contribution in [0.4, 0.5) is 0 Å². The van der Waals surface area contributed by atoms with E-state index in [1.165, 1.54) is 6.92 Å². The Balaban J connectivity index is 4.76. The van der Waals surface area contributed by atoms with E-state index in [2.05, 4.69) is 5.32 Å². The summed E-state index contributed by atoms with van der Waals surface area (Å²) < 4.78 is 0. The lowest BCUT2D eigenvalue weighted by molar-refractivity contribution is -0.145. The highest BCUT2D eigenvalue weighted by Gasteiger charge is 2.30. The minimum absolute atomic E-state index is 0.170. The van der Waals surface area contributed by atoms with Crippen LogP contribution >= 0.6 is 0 Å². The molecule has 0 heterocycles. The van der Waals surface area contributed by atoms with Crippen molar-refractivity contribution in [1.29, 1.82) is 0 Å². The van der Waals surface area contributed by atoms with E-state index in [1.807, 2.05) is 5.32 Å². The summed E-state index contributed by atoms with van der Waals surface area (Å²) in [5, 5.41) is 31.5. The first-order chi connectivity index (χ1) is 9.61. The second-order valence-corrected chi connectivity index (χ2v) is 5.08. The van der Waals surface area contributed by atoms with Crippen molar-refractivity contribution in [3.05, 3.63) is 0 Å². The molecule has 9 heteroatoms. The number of aliphatic carboxylic acids is 1. The van der Waals surface area contributed by atoms with Crippen molar-refractivity contribution in [3.63, 3.8) is 0 Å². The first-order valence-corrected chi connectivity index (χ1v) is 6.49. The highest BCUT2D eigenvalue weighted by Crippen LogP contribution is 2.00. The van der Waals surface area contributed by atoms with E-state index in [1.54, 1.807) is 13.8 Å². The van der Waals surface area contributed by atoms with Crippen LogP contribution in [0.25, 0.3) is 0 Å². The zero-order valence-corrected chi connectivity index (χ0v) is 12.2. The lowest BCUT2D eigenvalue weighted by Gasteiger charge is -2.23. The monoisotopic (exact) mass is 305 g/mol. The molecule has 4 unspecified atom stereocenters. The molecule has 0 saturated heterocycles. The Morgan fingerprint density at radius 3 is 1.95 bits per heavy atom. The molecule has 0 aromatic carbocycles. The first-order valence-electron chi connectivity index (χ1n) is 6.49. The molecule has 0 saturated carbocycles. The van der Waals surface area contributed by atoms with Gasteiger partial charge in [-0.25, -0.2) is 4.79 Å². The fraction of sp³-hybridized carbons (Fsp3) is 0.750. The van der Waals surface area contributed by atoms with E-state index in [-0.39, 0.29) is 5.92 Å². The zero-order valence-electron chi connectivity index (χ0n) is 12.2. The van der Waals surface area contributed by atoms with E-state index < -0.39 is 48.6 Å². The fourth-order valence-electron chi connectivity index (χ4n) is 1.41. The number of carbonyl (C=O) groups is 3. The summed E-state index contributed by atoms with van der Waals surface area (Å²) in [6.45, 7) is 3.90. The van der Waals surface area contributed by atoms with Gasteiger partial charge >= 0.3 is 5.97 Å². The van der Waals surface area contributed by atoms with Crippen molar-refractivity contribution in [3.8, 4) is 0 Å². The molecular weight excluding hydrogens is 282 g/mol. The molecule has 0 aromatic rings. The third-order valence-corrected chi connectivity index (χ3v) is 2.88. The van der Waals surface area contributed by atoms with Crippen molar-refractivity contribution in [2.75, 3.05) is 6.61 Å². The zero-order chi connectivity index (χ0) is 16.7. The van der Waals surface area contributed by atoms with E-state index >= 15 is 0 Å². The van der Waals surface area contributed by atoms with Gasteiger partial charge in [0.2, 0.25) is 11.8 Å². The average Bonchev–Trinajstić information content (AvgIpc) is 2.39. The molecule has 0 aliphatic heterocycles. The summed E-state index contributed by atoms with van der Waals surface area (Å²) in [6, 6.07) is -3.75. The summed E-state index contributed by atoms with van der Waals surface area (Å²) in [5.41, 5.74) is 5.60. The Morgan fingerprint density at radius 1 is 1.10 bits per heavy atom. The highest BCUT2D eigenvalue weighted by atomic mass is 16.4. The van der Waals surface area contributed by atoms with Gasteiger partial charge in [-0.2, -0.15) is 0 Å². The number of amides is 2. The second-order valence-electron chi connectivity index (χ2n) is 5.08. The molecule has 0 aliphatic carbocycles. The van der Waals surface area contributed by atoms with Crippen LogP contribution in [0.2, 0.25) is 0 Å². The topological polar surface area (TPSA) is 162 Å². The molecule has 0 aromatic heterocycles. The Bertz CT molecular complexity index is 385. The van der Waals surface area contributed by atoms with E-state index in [0.717, 1.165) is 0 Å². The number of nitrogens with two attached hydrogens (primary N) is 1. The van der Waals surface area contributed by atoms with Crippen LogP contribution in [0.3, 0.4) is 0 Å². The average molecular weight is 305 g/mol.